The zero-order valence-electron chi connectivity index (χ0n) is 10.1. The number of pyridine rings is 1. The molecule has 98 valence electrons. The van der Waals surface area contributed by atoms with E-state index in [0.717, 1.165) is 4.57 Å². The van der Waals surface area contributed by atoms with E-state index in [0.29, 0.717) is 5.56 Å². The number of aromatic carboxylic acids is 1. The lowest BCUT2D eigenvalue weighted by Crippen LogP contribution is -2.27. The number of nitrogens with two attached hydrogens (primary N) is 1. The molecule has 1 aromatic heterocycles. The Kier molecular flexibility index (Phi) is 3.08. The van der Waals surface area contributed by atoms with E-state index in [2.05, 4.69) is 0 Å². The van der Waals surface area contributed by atoms with Crippen LogP contribution in [0.5, 0.6) is 0 Å². The molecule has 0 atom stereocenters. The molecule has 0 amide bonds. The van der Waals surface area contributed by atoms with E-state index in [9.17, 15) is 14.0 Å². The number of hydrogen-bond donors (Lipinski definition) is 2. The molecule has 0 spiro atoms. The Morgan fingerprint density at radius 1 is 1.32 bits per heavy atom. The number of hydrogen-bond acceptors (Lipinski definition) is 3. The molecule has 0 bridgehead atoms. The second-order valence-corrected chi connectivity index (χ2v) is 4.03. The first-order valence-corrected chi connectivity index (χ1v) is 5.40. The Bertz CT molecular complexity index is 705. The highest BCUT2D eigenvalue weighted by Crippen LogP contribution is 2.24. The summed E-state index contributed by atoms with van der Waals surface area (Å²) in [6.07, 6.45) is 0. The molecule has 0 saturated carbocycles. The number of carboxylic acids is 1. The minimum Gasteiger partial charge on any atom is -0.477 e. The lowest BCUT2D eigenvalue weighted by Gasteiger charge is -2.10. The number of nitrogens with zero attached hydrogens (tertiary/aromatic N) is 1. The summed E-state index contributed by atoms with van der Waals surface area (Å²) in [5.74, 6) is -1.66. The van der Waals surface area contributed by atoms with Gasteiger partial charge in [0.25, 0.3) is 5.56 Å². The van der Waals surface area contributed by atoms with Crippen LogP contribution in [0.1, 0.15) is 10.4 Å². The van der Waals surface area contributed by atoms with Crippen molar-refractivity contribution in [2.75, 3.05) is 5.73 Å². The van der Waals surface area contributed by atoms with Crippen molar-refractivity contribution in [3.8, 4) is 11.1 Å². The fraction of sp³-hybridized carbons (Fsp3) is 0.0769. The molecule has 0 saturated heterocycles. The van der Waals surface area contributed by atoms with E-state index in [1.165, 1.54) is 37.4 Å². The third-order valence-electron chi connectivity index (χ3n) is 2.84. The highest BCUT2D eigenvalue weighted by molar-refractivity contribution is 5.96. The van der Waals surface area contributed by atoms with Crippen LogP contribution >= 0.6 is 0 Å². The van der Waals surface area contributed by atoms with Gasteiger partial charge in [0.05, 0.1) is 0 Å². The van der Waals surface area contributed by atoms with Gasteiger partial charge >= 0.3 is 5.97 Å². The molecule has 0 unspecified atom stereocenters. The zero-order chi connectivity index (χ0) is 14.2. The second-order valence-electron chi connectivity index (χ2n) is 4.03. The van der Waals surface area contributed by atoms with E-state index >= 15 is 0 Å². The molecule has 6 heteroatoms. The molecular formula is C13H11FN2O3. The largest absolute Gasteiger partial charge is 0.477 e. The Balaban J connectivity index is 2.79. The van der Waals surface area contributed by atoms with Gasteiger partial charge < -0.3 is 10.8 Å². The van der Waals surface area contributed by atoms with Crippen LogP contribution in [0, 0.1) is 5.82 Å². The number of halogens is 1. The fourth-order valence-corrected chi connectivity index (χ4v) is 1.78. The molecular weight excluding hydrogens is 251 g/mol. The van der Waals surface area contributed by atoms with E-state index in [1.54, 1.807) is 0 Å². The maximum Gasteiger partial charge on any atom is 0.341 e. The summed E-state index contributed by atoms with van der Waals surface area (Å²) in [5.41, 5.74) is 5.16. The standard InChI is InChI=1S/C13H11FN2O3/c1-16-10(15)6-9(11(12(16)17)13(18)19)7-2-4-8(14)5-3-7/h2-6H,15H2,1H3,(H,18,19). The average Bonchev–Trinajstić information content (AvgIpc) is 2.36. The smallest absolute Gasteiger partial charge is 0.341 e. The van der Waals surface area contributed by atoms with E-state index in [-0.39, 0.29) is 16.9 Å². The first kappa shape index (κ1) is 12.8. The van der Waals surface area contributed by atoms with Crippen LogP contribution in [-0.2, 0) is 7.05 Å². The van der Waals surface area contributed by atoms with Crippen LogP contribution in [0.3, 0.4) is 0 Å². The summed E-state index contributed by atoms with van der Waals surface area (Å²) in [4.78, 5) is 23.1. The average molecular weight is 262 g/mol. The van der Waals surface area contributed by atoms with Crippen molar-refractivity contribution in [3.63, 3.8) is 0 Å². The first-order valence-electron chi connectivity index (χ1n) is 5.40. The number of nitrogen functional groups attached to an aromatic ring is 1. The fourth-order valence-electron chi connectivity index (χ4n) is 1.78. The van der Waals surface area contributed by atoms with Crippen molar-refractivity contribution in [2.45, 2.75) is 0 Å². The summed E-state index contributed by atoms with van der Waals surface area (Å²) in [5, 5.41) is 9.15. The minimum atomic E-state index is -1.35. The van der Waals surface area contributed by atoms with Gasteiger partial charge in [-0.3, -0.25) is 9.36 Å². The number of carbonyl (C=O) groups is 1. The molecule has 0 radical (unpaired) electrons. The number of benzene rings is 1. The predicted molar refractivity (Wildman–Crippen MR) is 68.4 cm³/mol. The van der Waals surface area contributed by atoms with E-state index < -0.39 is 17.3 Å². The van der Waals surface area contributed by atoms with Gasteiger partial charge in [-0.15, -0.1) is 0 Å². The molecule has 2 rings (SSSR count). The first-order chi connectivity index (χ1) is 8.91. The Labute approximate surface area is 107 Å². The van der Waals surface area contributed by atoms with Gasteiger partial charge in [0.1, 0.15) is 17.2 Å². The van der Waals surface area contributed by atoms with E-state index in [4.69, 9.17) is 10.8 Å². The Hall–Kier alpha value is -2.63. The SMILES string of the molecule is Cn1c(N)cc(-c2ccc(F)cc2)c(C(=O)O)c1=O. The number of carboxylic acid groups (broad SMARTS) is 1. The number of anilines is 1. The van der Waals surface area contributed by atoms with Gasteiger partial charge in [-0.25, -0.2) is 9.18 Å². The van der Waals surface area contributed by atoms with Crippen LogP contribution < -0.4 is 11.3 Å². The molecule has 1 aromatic carbocycles. The molecule has 1 heterocycles. The summed E-state index contributed by atoms with van der Waals surface area (Å²) in [6.45, 7) is 0. The Morgan fingerprint density at radius 3 is 2.42 bits per heavy atom. The summed E-state index contributed by atoms with van der Waals surface area (Å²) in [7, 11) is 1.39. The van der Waals surface area contributed by atoms with Crippen molar-refractivity contribution >= 4 is 11.8 Å². The van der Waals surface area contributed by atoms with Crippen molar-refractivity contribution in [1.29, 1.82) is 0 Å². The molecule has 0 aliphatic carbocycles. The normalized spacial score (nSPS) is 10.4. The molecule has 0 aliphatic heterocycles. The summed E-state index contributed by atoms with van der Waals surface area (Å²) in [6, 6.07) is 6.56. The molecule has 3 N–H and O–H groups in total. The highest BCUT2D eigenvalue weighted by atomic mass is 19.1. The maximum absolute atomic E-state index is 12.9. The van der Waals surface area contributed by atoms with Crippen LogP contribution in [0.15, 0.2) is 35.1 Å². The summed E-state index contributed by atoms with van der Waals surface area (Å²) >= 11 is 0. The minimum absolute atomic E-state index is 0.134. The van der Waals surface area contributed by atoms with Crippen molar-refractivity contribution in [3.05, 3.63) is 52.1 Å². The van der Waals surface area contributed by atoms with Gasteiger partial charge in [0.15, 0.2) is 0 Å². The van der Waals surface area contributed by atoms with Crippen molar-refractivity contribution in [2.24, 2.45) is 7.05 Å². The molecule has 19 heavy (non-hydrogen) atoms. The van der Waals surface area contributed by atoms with Gasteiger partial charge in [0, 0.05) is 12.6 Å². The van der Waals surface area contributed by atoms with Gasteiger partial charge in [-0.05, 0) is 23.8 Å². The molecule has 5 nitrogen and oxygen atoms in total. The zero-order valence-corrected chi connectivity index (χ0v) is 10.1. The van der Waals surface area contributed by atoms with E-state index in [1.807, 2.05) is 0 Å². The highest BCUT2D eigenvalue weighted by Gasteiger charge is 2.19. The van der Waals surface area contributed by atoms with Gasteiger partial charge in [0.2, 0.25) is 0 Å². The third kappa shape index (κ3) is 2.20. The lowest BCUT2D eigenvalue weighted by atomic mass is 10.0. The maximum atomic E-state index is 12.9. The lowest BCUT2D eigenvalue weighted by molar-refractivity contribution is 0.0695. The van der Waals surface area contributed by atoms with Crippen LogP contribution in [0.25, 0.3) is 11.1 Å². The number of rotatable bonds is 2. The monoisotopic (exact) mass is 262 g/mol. The molecule has 2 aromatic rings. The summed E-state index contributed by atoms with van der Waals surface area (Å²) < 4.78 is 13.9. The quantitative estimate of drug-likeness (QED) is 0.858. The predicted octanol–water partition coefficient (Wildman–Crippen LogP) is 1.47. The Morgan fingerprint density at radius 2 is 1.89 bits per heavy atom. The van der Waals surface area contributed by atoms with Crippen molar-refractivity contribution in [1.82, 2.24) is 4.57 Å². The van der Waals surface area contributed by atoms with Crippen molar-refractivity contribution < 1.29 is 14.3 Å². The second kappa shape index (κ2) is 4.56. The van der Waals surface area contributed by atoms with Crippen LogP contribution in [-0.4, -0.2) is 15.6 Å². The van der Waals surface area contributed by atoms with Crippen LogP contribution in [0.4, 0.5) is 10.2 Å². The van der Waals surface area contributed by atoms with Gasteiger partial charge in [-0.1, -0.05) is 12.1 Å². The van der Waals surface area contributed by atoms with Gasteiger partial charge in [-0.2, -0.15) is 0 Å². The molecule has 0 aliphatic rings. The third-order valence-corrected chi connectivity index (χ3v) is 2.84. The van der Waals surface area contributed by atoms with Crippen LogP contribution in [0.2, 0.25) is 0 Å². The number of aromatic nitrogens is 1. The molecule has 0 fully saturated rings. The topological polar surface area (TPSA) is 85.3 Å².